The van der Waals surface area contributed by atoms with E-state index in [-0.39, 0.29) is 29.1 Å². The molecule has 0 unspecified atom stereocenters. The summed E-state index contributed by atoms with van der Waals surface area (Å²) >= 11 is 7.32. The Morgan fingerprint density at radius 2 is 2.00 bits per heavy atom. The van der Waals surface area contributed by atoms with Crippen LogP contribution in [-0.4, -0.2) is 41.9 Å². The monoisotopic (exact) mass is 480 g/mol. The van der Waals surface area contributed by atoms with Crippen molar-refractivity contribution < 1.29 is 17.7 Å². The van der Waals surface area contributed by atoms with Crippen molar-refractivity contribution in [1.29, 1.82) is 0 Å². The SMILES string of the molecule is Cc1ccc(NC(=O)C2CCN(S(=O)(=O)c3cc(-c4noc(C)n4)cs3)CC2)c(Cl)c1. The Balaban J connectivity index is 1.39. The van der Waals surface area contributed by atoms with Crippen molar-refractivity contribution in [3.63, 3.8) is 0 Å². The number of nitrogens with zero attached hydrogens (tertiary/aromatic N) is 3. The van der Waals surface area contributed by atoms with Crippen molar-refractivity contribution in [2.24, 2.45) is 5.92 Å². The van der Waals surface area contributed by atoms with Crippen molar-refractivity contribution in [3.05, 3.63) is 46.1 Å². The molecular weight excluding hydrogens is 460 g/mol. The third-order valence-electron chi connectivity index (χ3n) is 5.16. The summed E-state index contributed by atoms with van der Waals surface area (Å²) in [5.41, 5.74) is 2.17. The maximum atomic E-state index is 13.0. The van der Waals surface area contributed by atoms with Crippen LogP contribution in [0, 0.1) is 19.8 Å². The van der Waals surface area contributed by atoms with E-state index in [2.05, 4.69) is 15.5 Å². The van der Waals surface area contributed by atoms with Gasteiger partial charge in [0.1, 0.15) is 4.21 Å². The first kappa shape index (κ1) is 21.9. The number of hydrogen-bond acceptors (Lipinski definition) is 7. The van der Waals surface area contributed by atoms with E-state index in [0.717, 1.165) is 16.9 Å². The van der Waals surface area contributed by atoms with Crippen LogP contribution in [0.15, 0.2) is 38.4 Å². The van der Waals surface area contributed by atoms with Crippen LogP contribution in [0.4, 0.5) is 5.69 Å². The number of anilines is 1. The van der Waals surface area contributed by atoms with Crippen LogP contribution in [0.5, 0.6) is 0 Å². The van der Waals surface area contributed by atoms with E-state index in [1.165, 1.54) is 4.31 Å². The van der Waals surface area contributed by atoms with Gasteiger partial charge in [-0.1, -0.05) is 22.8 Å². The highest BCUT2D eigenvalue weighted by atomic mass is 35.5. The van der Waals surface area contributed by atoms with Crippen LogP contribution < -0.4 is 5.32 Å². The lowest BCUT2D eigenvalue weighted by molar-refractivity contribution is -0.120. The van der Waals surface area contributed by atoms with Gasteiger partial charge < -0.3 is 9.84 Å². The molecule has 0 saturated carbocycles. The summed E-state index contributed by atoms with van der Waals surface area (Å²) in [6, 6.07) is 7.00. The number of carbonyl (C=O) groups is 1. The zero-order valence-corrected chi connectivity index (χ0v) is 19.4. The minimum atomic E-state index is -3.65. The molecule has 0 atom stereocenters. The zero-order chi connectivity index (χ0) is 22.2. The summed E-state index contributed by atoms with van der Waals surface area (Å²) in [7, 11) is -3.65. The summed E-state index contributed by atoms with van der Waals surface area (Å²) in [6.45, 7) is 4.15. The molecule has 3 aromatic rings. The number of amides is 1. The Morgan fingerprint density at radius 1 is 1.26 bits per heavy atom. The van der Waals surface area contributed by atoms with Gasteiger partial charge in [0.25, 0.3) is 10.0 Å². The van der Waals surface area contributed by atoms with Crippen LogP contribution in [-0.2, 0) is 14.8 Å². The van der Waals surface area contributed by atoms with Crippen molar-refractivity contribution in [2.45, 2.75) is 30.9 Å². The number of aryl methyl sites for hydroxylation is 2. The van der Waals surface area contributed by atoms with Gasteiger partial charge in [-0.2, -0.15) is 9.29 Å². The highest BCUT2D eigenvalue weighted by molar-refractivity contribution is 7.91. The second-order valence-corrected chi connectivity index (χ2v) is 10.9. The molecule has 1 aliphatic heterocycles. The predicted molar refractivity (Wildman–Crippen MR) is 119 cm³/mol. The molecule has 11 heteroatoms. The second kappa shape index (κ2) is 8.70. The number of halogens is 1. The van der Waals surface area contributed by atoms with Gasteiger partial charge in [0.2, 0.25) is 17.6 Å². The summed E-state index contributed by atoms with van der Waals surface area (Å²) in [5.74, 6) is 0.358. The van der Waals surface area contributed by atoms with E-state index in [1.54, 1.807) is 30.5 Å². The van der Waals surface area contributed by atoms with Crippen LogP contribution in [0.1, 0.15) is 24.3 Å². The Bertz CT molecular complexity index is 1210. The van der Waals surface area contributed by atoms with E-state index in [9.17, 15) is 13.2 Å². The molecular formula is C20H21ClN4O4S2. The minimum Gasteiger partial charge on any atom is -0.339 e. The molecule has 0 aliphatic carbocycles. The maximum Gasteiger partial charge on any atom is 0.252 e. The molecule has 0 spiro atoms. The first-order valence-corrected chi connectivity index (χ1v) is 12.4. The minimum absolute atomic E-state index is 0.145. The standard InChI is InChI=1S/C20H21ClN4O4S2/c1-12-3-4-17(16(21)9-12)23-20(26)14-5-7-25(8-6-14)31(27,28)18-10-15(11-30-18)19-22-13(2)29-24-19/h3-4,9-11,14H,5-8H2,1-2H3,(H,23,26). The van der Waals surface area contributed by atoms with Crippen molar-refractivity contribution in [2.75, 3.05) is 18.4 Å². The van der Waals surface area contributed by atoms with Gasteiger partial charge in [-0.25, -0.2) is 8.42 Å². The molecule has 1 fully saturated rings. The topological polar surface area (TPSA) is 105 Å². The molecule has 31 heavy (non-hydrogen) atoms. The normalized spacial score (nSPS) is 15.8. The smallest absolute Gasteiger partial charge is 0.252 e. The molecule has 1 N–H and O–H groups in total. The number of benzene rings is 1. The molecule has 164 valence electrons. The van der Waals surface area contributed by atoms with Crippen molar-refractivity contribution >= 4 is 44.6 Å². The number of carbonyl (C=O) groups excluding carboxylic acids is 1. The lowest BCUT2D eigenvalue weighted by Crippen LogP contribution is -2.41. The quantitative estimate of drug-likeness (QED) is 0.589. The van der Waals surface area contributed by atoms with Crippen LogP contribution in [0.2, 0.25) is 5.02 Å². The molecule has 2 aromatic heterocycles. The van der Waals surface area contributed by atoms with Crippen molar-refractivity contribution in [1.82, 2.24) is 14.4 Å². The van der Waals surface area contributed by atoms with Crippen LogP contribution in [0.25, 0.3) is 11.4 Å². The molecule has 1 amide bonds. The van der Waals surface area contributed by atoms with E-state index in [4.69, 9.17) is 16.1 Å². The van der Waals surface area contributed by atoms with E-state index >= 15 is 0 Å². The van der Waals surface area contributed by atoms with E-state index < -0.39 is 10.0 Å². The highest BCUT2D eigenvalue weighted by Gasteiger charge is 2.33. The fourth-order valence-electron chi connectivity index (χ4n) is 3.43. The average Bonchev–Trinajstić information content (AvgIpc) is 3.39. The number of aromatic nitrogens is 2. The molecule has 1 aromatic carbocycles. The van der Waals surface area contributed by atoms with Gasteiger partial charge in [-0.3, -0.25) is 4.79 Å². The number of piperidine rings is 1. The largest absolute Gasteiger partial charge is 0.339 e. The summed E-state index contributed by atoms with van der Waals surface area (Å²) in [5, 5.41) is 8.87. The number of nitrogens with one attached hydrogen (secondary N) is 1. The second-order valence-electron chi connectivity index (χ2n) is 7.44. The van der Waals surface area contributed by atoms with E-state index in [1.807, 2.05) is 13.0 Å². The van der Waals surface area contributed by atoms with Gasteiger partial charge in [0, 0.05) is 36.9 Å². The maximum absolute atomic E-state index is 13.0. The van der Waals surface area contributed by atoms with E-state index in [0.29, 0.717) is 40.8 Å². The highest BCUT2D eigenvalue weighted by Crippen LogP contribution is 2.32. The molecule has 1 saturated heterocycles. The third kappa shape index (κ3) is 4.67. The Morgan fingerprint density at radius 3 is 2.65 bits per heavy atom. The van der Waals surface area contributed by atoms with Gasteiger partial charge in [-0.05, 0) is 43.5 Å². The summed E-state index contributed by atoms with van der Waals surface area (Å²) in [4.78, 5) is 16.8. The molecule has 8 nitrogen and oxygen atoms in total. The number of hydrogen-bond donors (Lipinski definition) is 1. The molecule has 0 radical (unpaired) electrons. The predicted octanol–water partition coefficient (Wildman–Crippen LogP) is 4.11. The fourth-order valence-corrected chi connectivity index (χ4v) is 6.49. The molecule has 0 bridgehead atoms. The molecule has 1 aliphatic rings. The van der Waals surface area contributed by atoms with Crippen LogP contribution in [0.3, 0.4) is 0 Å². The van der Waals surface area contributed by atoms with Gasteiger partial charge in [0.15, 0.2) is 0 Å². The number of sulfonamides is 1. The number of thiophene rings is 1. The lowest BCUT2D eigenvalue weighted by Gasteiger charge is -2.30. The van der Waals surface area contributed by atoms with Crippen molar-refractivity contribution in [3.8, 4) is 11.4 Å². The first-order chi connectivity index (χ1) is 14.7. The lowest BCUT2D eigenvalue weighted by atomic mass is 9.97. The third-order valence-corrected chi connectivity index (χ3v) is 8.79. The zero-order valence-electron chi connectivity index (χ0n) is 17.0. The molecule has 4 rings (SSSR count). The van der Waals surface area contributed by atoms with Gasteiger partial charge in [0.05, 0.1) is 10.7 Å². The Hall–Kier alpha value is -2.27. The summed E-state index contributed by atoms with van der Waals surface area (Å²) < 4.78 is 32.7. The fraction of sp³-hybridized carbons (Fsp3) is 0.350. The van der Waals surface area contributed by atoms with Gasteiger partial charge in [-0.15, -0.1) is 11.3 Å². The Kier molecular flexibility index (Phi) is 6.16. The average molecular weight is 481 g/mol. The molecule has 3 heterocycles. The first-order valence-electron chi connectivity index (χ1n) is 9.70. The van der Waals surface area contributed by atoms with Gasteiger partial charge >= 0.3 is 0 Å². The number of rotatable bonds is 5. The van der Waals surface area contributed by atoms with Crippen LogP contribution >= 0.6 is 22.9 Å². The Labute approximate surface area is 189 Å². The summed E-state index contributed by atoms with van der Waals surface area (Å²) in [6.07, 6.45) is 0.883.